The van der Waals surface area contributed by atoms with Crippen molar-refractivity contribution < 1.29 is 35.9 Å². The maximum Gasteiger partial charge on any atom is 0.416 e. The molecule has 2 rings (SSSR count). The van der Waals surface area contributed by atoms with Crippen molar-refractivity contribution in [1.29, 1.82) is 0 Å². The summed E-state index contributed by atoms with van der Waals surface area (Å²) in [4.78, 5) is 23.9. The second-order valence-electron chi connectivity index (χ2n) is 5.50. The first kappa shape index (κ1) is 19.7. The minimum Gasteiger partial charge on any atom is -0.294 e. The normalized spacial score (nSPS) is 12.1. The predicted molar refractivity (Wildman–Crippen MR) is 80.8 cm³/mol. The van der Waals surface area contributed by atoms with Gasteiger partial charge >= 0.3 is 12.4 Å². The largest absolute Gasteiger partial charge is 0.416 e. The summed E-state index contributed by atoms with van der Waals surface area (Å²) in [6, 6.07) is 7.16. The number of carbonyl (C=O) groups excluding carboxylic acids is 2. The van der Waals surface area contributed by atoms with Crippen molar-refractivity contribution >= 4 is 11.6 Å². The van der Waals surface area contributed by atoms with Crippen LogP contribution in [0.4, 0.5) is 26.3 Å². The number of carbonyl (C=O) groups is 2. The summed E-state index contributed by atoms with van der Waals surface area (Å²) in [6.45, 7) is 0. The molecule has 26 heavy (non-hydrogen) atoms. The summed E-state index contributed by atoms with van der Waals surface area (Å²) >= 11 is 0. The molecule has 0 spiro atoms. The van der Waals surface area contributed by atoms with Gasteiger partial charge in [-0.05, 0) is 24.3 Å². The van der Waals surface area contributed by atoms with Gasteiger partial charge < -0.3 is 0 Å². The van der Waals surface area contributed by atoms with Crippen molar-refractivity contribution in [3.63, 3.8) is 0 Å². The lowest BCUT2D eigenvalue weighted by Gasteiger charge is -2.08. The predicted octanol–water partition coefficient (Wildman–Crippen LogP) is 5.57. The third kappa shape index (κ3) is 4.93. The van der Waals surface area contributed by atoms with Crippen LogP contribution in [0.5, 0.6) is 0 Å². The van der Waals surface area contributed by atoms with E-state index in [9.17, 15) is 35.9 Å². The van der Waals surface area contributed by atoms with Crippen LogP contribution in [0.2, 0.25) is 0 Å². The average molecular weight is 374 g/mol. The quantitative estimate of drug-likeness (QED) is 0.507. The van der Waals surface area contributed by atoms with E-state index in [4.69, 9.17) is 0 Å². The third-order valence-electron chi connectivity index (χ3n) is 3.65. The standard InChI is InChI=1S/C18H12F6O2/c19-17(20,21)13-5-1-11(2-6-13)15(25)9-10-16(26)12-3-7-14(8-4-12)18(22,23)24/h1-8H,9-10H2. The Kier molecular flexibility index (Phi) is 5.53. The van der Waals surface area contributed by atoms with Gasteiger partial charge in [0.25, 0.3) is 0 Å². The van der Waals surface area contributed by atoms with Crippen molar-refractivity contribution in [1.82, 2.24) is 0 Å². The van der Waals surface area contributed by atoms with E-state index >= 15 is 0 Å². The Morgan fingerprint density at radius 1 is 0.577 bits per heavy atom. The van der Waals surface area contributed by atoms with E-state index in [-0.39, 0.29) is 24.0 Å². The van der Waals surface area contributed by atoms with E-state index in [1.807, 2.05) is 0 Å². The van der Waals surface area contributed by atoms with E-state index in [1.54, 1.807) is 0 Å². The van der Waals surface area contributed by atoms with Gasteiger partial charge in [-0.3, -0.25) is 9.59 Å². The number of ketones is 2. The topological polar surface area (TPSA) is 34.1 Å². The molecule has 0 bridgehead atoms. The number of hydrogen-bond acceptors (Lipinski definition) is 2. The Labute approximate surface area is 144 Å². The highest BCUT2D eigenvalue weighted by Crippen LogP contribution is 2.30. The SMILES string of the molecule is O=C(CCC(=O)c1ccc(C(F)(F)F)cc1)c1ccc(C(F)(F)F)cc1. The van der Waals surface area contributed by atoms with E-state index in [2.05, 4.69) is 0 Å². The smallest absolute Gasteiger partial charge is 0.294 e. The monoisotopic (exact) mass is 374 g/mol. The molecule has 138 valence electrons. The molecular weight excluding hydrogens is 362 g/mol. The molecule has 0 aliphatic heterocycles. The van der Waals surface area contributed by atoms with E-state index in [0.717, 1.165) is 48.5 Å². The first-order valence-electron chi connectivity index (χ1n) is 7.39. The molecular formula is C18H12F6O2. The minimum absolute atomic E-state index is 0.0261. The highest BCUT2D eigenvalue weighted by Gasteiger charge is 2.31. The molecule has 0 atom stereocenters. The van der Waals surface area contributed by atoms with Gasteiger partial charge in [-0.25, -0.2) is 0 Å². The van der Waals surface area contributed by atoms with Gasteiger partial charge in [-0.1, -0.05) is 24.3 Å². The molecule has 0 aliphatic carbocycles. The van der Waals surface area contributed by atoms with Crippen LogP contribution in [-0.2, 0) is 12.4 Å². The Morgan fingerprint density at radius 2 is 0.846 bits per heavy atom. The van der Waals surface area contributed by atoms with E-state index in [0.29, 0.717) is 0 Å². The highest BCUT2D eigenvalue weighted by molar-refractivity contribution is 6.02. The van der Waals surface area contributed by atoms with Gasteiger partial charge in [0, 0.05) is 24.0 Å². The fraction of sp³-hybridized carbons (Fsp3) is 0.222. The van der Waals surface area contributed by atoms with Crippen LogP contribution in [0.1, 0.15) is 44.7 Å². The molecule has 0 N–H and O–H groups in total. The summed E-state index contributed by atoms with van der Waals surface area (Å²) in [7, 11) is 0. The highest BCUT2D eigenvalue weighted by atomic mass is 19.4. The van der Waals surface area contributed by atoms with Gasteiger partial charge in [0.15, 0.2) is 11.6 Å². The van der Waals surface area contributed by atoms with Crippen LogP contribution in [0, 0.1) is 0 Å². The van der Waals surface area contributed by atoms with E-state index < -0.39 is 35.0 Å². The number of benzene rings is 2. The van der Waals surface area contributed by atoms with Crippen LogP contribution >= 0.6 is 0 Å². The number of halogens is 6. The first-order valence-corrected chi connectivity index (χ1v) is 7.39. The summed E-state index contributed by atoms with van der Waals surface area (Å²) in [5.74, 6) is -1.06. The van der Waals surface area contributed by atoms with Crippen molar-refractivity contribution in [2.45, 2.75) is 25.2 Å². The lowest BCUT2D eigenvalue weighted by molar-refractivity contribution is -0.138. The minimum atomic E-state index is -4.51. The molecule has 0 fully saturated rings. The van der Waals surface area contributed by atoms with Crippen LogP contribution in [0.15, 0.2) is 48.5 Å². The Morgan fingerprint density at radius 3 is 1.08 bits per heavy atom. The van der Waals surface area contributed by atoms with Crippen LogP contribution < -0.4 is 0 Å². The van der Waals surface area contributed by atoms with Crippen LogP contribution in [0.3, 0.4) is 0 Å². The van der Waals surface area contributed by atoms with Crippen molar-refractivity contribution in [3.05, 3.63) is 70.8 Å². The maximum atomic E-state index is 12.5. The molecule has 2 aromatic rings. The Hall–Kier alpha value is -2.64. The van der Waals surface area contributed by atoms with Gasteiger partial charge in [0.2, 0.25) is 0 Å². The zero-order chi connectivity index (χ0) is 19.5. The summed E-state index contributed by atoms with van der Waals surface area (Å²) < 4.78 is 74.8. The molecule has 0 aromatic heterocycles. The van der Waals surface area contributed by atoms with Gasteiger partial charge in [0.1, 0.15) is 0 Å². The molecule has 0 saturated heterocycles. The molecule has 8 heteroatoms. The number of hydrogen-bond donors (Lipinski definition) is 0. The maximum absolute atomic E-state index is 12.5. The zero-order valence-corrected chi connectivity index (χ0v) is 13.1. The third-order valence-corrected chi connectivity index (χ3v) is 3.65. The second kappa shape index (κ2) is 7.31. The fourth-order valence-corrected chi connectivity index (χ4v) is 2.21. The summed E-state index contributed by atoms with van der Waals surface area (Å²) in [5, 5.41) is 0. The molecule has 0 radical (unpaired) electrons. The second-order valence-corrected chi connectivity index (χ2v) is 5.50. The Bertz CT molecular complexity index is 717. The molecule has 2 nitrogen and oxygen atoms in total. The average Bonchev–Trinajstić information content (AvgIpc) is 2.58. The van der Waals surface area contributed by atoms with Crippen molar-refractivity contribution in [3.8, 4) is 0 Å². The fourth-order valence-electron chi connectivity index (χ4n) is 2.21. The van der Waals surface area contributed by atoms with Crippen molar-refractivity contribution in [2.75, 3.05) is 0 Å². The number of rotatable bonds is 5. The van der Waals surface area contributed by atoms with Gasteiger partial charge in [-0.15, -0.1) is 0 Å². The summed E-state index contributed by atoms with van der Waals surface area (Å²) in [6.07, 6.45) is -9.54. The zero-order valence-electron chi connectivity index (χ0n) is 13.1. The van der Waals surface area contributed by atoms with Gasteiger partial charge in [0.05, 0.1) is 11.1 Å². The van der Waals surface area contributed by atoms with E-state index in [1.165, 1.54) is 0 Å². The van der Waals surface area contributed by atoms with Gasteiger partial charge in [-0.2, -0.15) is 26.3 Å². The van der Waals surface area contributed by atoms with Crippen molar-refractivity contribution in [2.24, 2.45) is 0 Å². The van der Waals surface area contributed by atoms with Crippen LogP contribution in [0.25, 0.3) is 0 Å². The lowest BCUT2D eigenvalue weighted by Crippen LogP contribution is -2.08. The molecule has 0 saturated carbocycles. The number of alkyl halides is 6. The summed E-state index contributed by atoms with van der Waals surface area (Å²) in [5.41, 5.74) is -1.73. The lowest BCUT2D eigenvalue weighted by atomic mass is 10.00. The molecule has 0 amide bonds. The molecule has 0 heterocycles. The first-order chi connectivity index (χ1) is 12.0. The molecule has 0 aliphatic rings. The Balaban J connectivity index is 1.97. The van der Waals surface area contributed by atoms with Crippen LogP contribution in [-0.4, -0.2) is 11.6 Å². The molecule has 2 aromatic carbocycles. The molecule has 0 unspecified atom stereocenters. The number of Topliss-reactive ketones (excluding diaryl/α,β-unsaturated/α-hetero) is 2.